The molecule has 268 valence electrons. The van der Waals surface area contributed by atoms with Crippen molar-refractivity contribution in [2.45, 2.75) is 109 Å². The van der Waals surface area contributed by atoms with E-state index in [4.69, 9.17) is 19.3 Å². The molecule has 1 aromatic carbocycles. The molecule has 1 aliphatic rings. The van der Waals surface area contributed by atoms with E-state index < -0.39 is 47.9 Å². The predicted molar refractivity (Wildman–Crippen MR) is 195 cm³/mol. The Morgan fingerprint density at radius 2 is 1.59 bits per heavy atom. The molecule has 1 saturated carbocycles. The summed E-state index contributed by atoms with van der Waals surface area (Å²) in [6, 6.07) is 7.26. The van der Waals surface area contributed by atoms with E-state index in [-0.39, 0.29) is 31.1 Å². The maximum absolute atomic E-state index is 14.0. The number of hydrogen-bond donors (Lipinski definition) is 4. The average molecular weight is 675 g/mol. The van der Waals surface area contributed by atoms with Crippen molar-refractivity contribution in [1.82, 2.24) is 20.4 Å². The Bertz CT molecular complexity index is 1260. The predicted octanol–water partition coefficient (Wildman–Crippen LogP) is 3.38. The zero-order chi connectivity index (χ0) is 36.2. The molecule has 1 aromatic rings. The first-order valence-electron chi connectivity index (χ1n) is 17.9. The van der Waals surface area contributed by atoms with Crippen molar-refractivity contribution < 1.29 is 24.6 Å². The third kappa shape index (κ3) is 14.3. The number of aliphatic hydroxyl groups excluding tert-OH is 2. The number of benzene rings is 1. The molecule has 1 fully saturated rings. The summed E-state index contributed by atoms with van der Waals surface area (Å²) < 4.78 is 0. The lowest BCUT2D eigenvalue weighted by atomic mass is 9.82. The summed E-state index contributed by atoms with van der Waals surface area (Å²) in [5, 5.41) is 27.8. The van der Waals surface area contributed by atoms with Gasteiger partial charge < -0.3 is 30.6 Å². The van der Waals surface area contributed by atoms with Gasteiger partial charge in [-0.3, -0.25) is 14.4 Å². The first kappa shape index (κ1) is 41.4. The van der Waals surface area contributed by atoms with Crippen molar-refractivity contribution in [3.63, 3.8) is 0 Å². The summed E-state index contributed by atoms with van der Waals surface area (Å²) in [6.45, 7) is 7.11. The zero-order valence-electron chi connectivity index (χ0n) is 29.8. The molecule has 3 amide bonds. The number of hydrogen-bond acceptors (Lipinski definition) is 6. The number of likely N-dealkylation sites (N-methyl/N-ethyl adjacent to an activating group) is 2. The van der Waals surface area contributed by atoms with Gasteiger partial charge in [0.15, 0.2) is 0 Å². The van der Waals surface area contributed by atoms with Gasteiger partial charge in [-0.05, 0) is 50.3 Å². The van der Waals surface area contributed by atoms with Gasteiger partial charge in [-0.1, -0.05) is 88.1 Å². The number of rotatable bonds is 21. The van der Waals surface area contributed by atoms with E-state index in [9.17, 15) is 24.6 Å². The van der Waals surface area contributed by atoms with Crippen molar-refractivity contribution in [2.75, 3.05) is 33.2 Å². The van der Waals surface area contributed by atoms with Crippen LogP contribution >= 0.6 is 0 Å². The van der Waals surface area contributed by atoms with E-state index in [1.54, 1.807) is 11.9 Å². The Labute approximate surface area is 295 Å². The van der Waals surface area contributed by atoms with Crippen molar-refractivity contribution >= 4 is 17.7 Å². The first-order valence-corrected chi connectivity index (χ1v) is 17.9. The Morgan fingerprint density at radius 3 is 2.18 bits per heavy atom. The van der Waals surface area contributed by atoms with Gasteiger partial charge in [-0.15, -0.1) is 25.2 Å². The number of carbonyl (C=O) groups excluding carboxylic acids is 3. The Kier molecular flexibility index (Phi) is 19.2. The van der Waals surface area contributed by atoms with Gasteiger partial charge in [0.2, 0.25) is 17.7 Å². The number of unbranched alkanes of at least 4 members (excludes halogenated alkanes) is 1. The fourth-order valence-corrected chi connectivity index (χ4v) is 6.48. The average Bonchev–Trinajstić information content (AvgIpc) is 3.11. The summed E-state index contributed by atoms with van der Waals surface area (Å²) >= 11 is 0. The molecule has 0 heterocycles. The largest absolute Gasteiger partial charge is 0.390 e. The number of carbonyl (C=O) groups is 3. The highest BCUT2D eigenvalue weighted by atomic mass is 16.3. The van der Waals surface area contributed by atoms with E-state index in [2.05, 4.69) is 47.1 Å². The smallest absolute Gasteiger partial charge is 0.245 e. The highest BCUT2D eigenvalue weighted by molar-refractivity contribution is 5.91. The van der Waals surface area contributed by atoms with Crippen LogP contribution in [0.1, 0.15) is 83.6 Å². The summed E-state index contributed by atoms with van der Waals surface area (Å²) in [7, 11) is 1.73. The van der Waals surface area contributed by atoms with Crippen LogP contribution < -0.4 is 10.6 Å². The van der Waals surface area contributed by atoms with E-state index in [0.29, 0.717) is 32.4 Å². The van der Waals surface area contributed by atoms with Crippen LogP contribution in [0.3, 0.4) is 0 Å². The third-order valence-electron chi connectivity index (χ3n) is 9.73. The zero-order valence-corrected chi connectivity index (χ0v) is 29.8. The number of amides is 3. The van der Waals surface area contributed by atoms with Gasteiger partial charge in [-0.25, -0.2) is 0 Å². The molecule has 0 aliphatic heterocycles. The van der Waals surface area contributed by atoms with Crippen molar-refractivity contribution in [1.29, 1.82) is 0 Å². The maximum atomic E-state index is 14.0. The van der Waals surface area contributed by atoms with Crippen molar-refractivity contribution in [3.05, 3.63) is 35.9 Å². The minimum atomic E-state index is -1.32. The van der Waals surface area contributed by atoms with Crippen molar-refractivity contribution in [3.8, 4) is 37.0 Å². The molecule has 9 heteroatoms. The van der Waals surface area contributed by atoms with Gasteiger partial charge >= 0.3 is 0 Å². The van der Waals surface area contributed by atoms with Crippen LogP contribution in [0, 0.1) is 54.8 Å². The van der Waals surface area contributed by atoms with Gasteiger partial charge in [0, 0.05) is 33.0 Å². The first-order chi connectivity index (χ1) is 23.6. The molecule has 1 aliphatic carbocycles. The Morgan fingerprint density at radius 1 is 0.939 bits per heavy atom. The lowest BCUT2D eigenvalue weighted by Crippen LogP contribution is -2.57. The minimum absolute atomic E-state index is 0.0759. The fourth-order valence-electron chi connectivity index (χ4n) is 6.48. The lowest BCUT2D eigenvalue weighted by Gasteiger charge is -2.34. The van der Waals surface area contributed by atoms with Gasteiger partial charge in [-0.2, -0.15) is 0 Å². The SMILES string of the molecule is C#CCCCC(O)C(O)C(CC1CCCCC1)NC(=O)C(NC(=O)C(CC(=O)N(C)CCN(CC)CC)Cc1ccccc1)C(C#C)C#C. The van der Waals surface area contributed by atoms with Crippen LogP contribution in [0.2, 0.25) is 0 Å². The Hall–Kier alpha value is -3.81. The highest BCUT2D eigenvalue weighted by Gasteiger charge is 2.36. The lowest BCUT2D eigenvalue weighted by molar-refractivity contribution is -0.137. The highest BCUT2D eigenvalue weighted by Crippen LogP contribution is 2.29. The normalized spacial score (nSPS) is 16.3. The number of nitrogens with zero attached hydrogens (tertiary/aromatic N) is 2. The van der Waals surface area contributed by atoms with Crippen LogP contribution in [0.15, 0.2) is 30.3 Å². The van der Waals surface area contributed by atoms with Gasteiger partial charge in [0.1, 0.15) is 12.0 Å². The van der Waals surface area contributed by atoms with E-state index >= 15 is 0 Å². The van der Waals surface area contributed by atoms with Crippen LogP contribution in [0.25, 0.3) is 0 Å². The summed E-state index contributed by atoms with van der Waals surface area (Å²) in [6.07, 6.45) is 21.6. The summed E-state index contributed by atoms with van der Waals surface area (Å²) in [5.74, 6) is 4.42. The molecule has 49 heavy (non-hydrogen) atoms. The van der Waals surface area contributed by atoms with E-state index in [1.807, 2.05) is 30.3 Å². The molecular weight excluding hydrogens is 616 g/mol. The second-order valence-electron chi connectivity index (χ2n) is 13.2. The van der Waals surface area contributed by atoms with E-state index in [1.165, 1.54) is 0 Å². The second kappa shape index (κ2) is 22.8. The van der Waals surface area contributed by atoms with E-state index in [0.717, 1.165) is 50.8 Å². The molecule has 0 radical (unpaired) electrons. The molecule has 5 unspecified atom stereocenters. The molecule has 5 atom stereocenters. The molecule has 0 spiro atoms. The number of terminal acetylenes is 3. The second-order valence-corrected chi connectivity index (χ2v) is 13.2. The monoisotopic (exact) mass is 674 g/mol. The van der Waals surface area contributed by atoms with Crippen LogP contribution in [0.5, 0.6) is 0 Å². The van der Waals surface area contributed by atoms with Crippen molar-refractivity contribution in [2.24, 2.45) is 17.8 Å². The molecule has 0 bridgehead atoms. The molecule has 0 aromatic heterocycles. The number of nitrogens with one attached hydrogen (secondary N) is 2. The molecule has 9 nitrogen and oxygen atoms in total. The molecule has 2 rings (SSSR count). The Balaban J connectivity index is 2.31. The molecular formula is C40H58N4O5. The molecule has 4 N–H and O–H groups in total. The topological polar surface area (TPSA) is 122 Å². The summed E-state index contributed by atoms with van der Waals surface area (Å²) in [5.41, 5.74) is 0.863. The van der Waals surface area contributed by atoms with Crippen LogP contribution in [-0.4, -0.2) is 95.3 Å². The number of aliphatic hydroxyl groups is 2. The fraction of sp³-hybridized carbons (Fsp3) is 0.625. The quantitative estimate of drug-likeness (QED) is 0.117. The molecule has 0 saturated heterocycles. The van der Waals surface area contributed by atoms with Crippen LogP contribution in [0.4, 0.5) is 0 Å². The minimum Gasteiger partial charge on any atom is -0.390 e. The van der Waals surface area contributed by atoms with Crippen LogP contribution in [-0.2, 0) is 20.8 Å². The maximum Gasteiger partial charge on any atom is 0.245 e. The van der Waals surface area contributed by atoms with Gasteiger partial charge in [0.05, 0.1) is 24.2 Å². The third-order valence-corrected chi connectivity index (χ3v) is 9.73. The standard InChI is InChI=1S/C40H58N4O5/c1-7-12-15-24-35(45)38(47)34(28-31-22-18-14-19-23-31)41-40(49)37(32(8-2)9-3)42-39(48)33(27-30-20-16-13-17-21-30)29-36(46)43(6)25-26-44(10-4)11-5/h1-3,13,16-17,20-21,31-35,37-38,45,47H,10-12,14-15,18-19,22-29H2,4-6H3,(H,41,49)(H,42,48). The summed E-state index contributed by atoms with van der Waals surface area (Å²) in [4.78, 5) is 45.2. The van der Waals surface area contributed by atoms with Gasteiger partial charge in [0.25, 0.3) is 0 Å².